The minimum Gasteiger partial charge on any atom is -0.281 e. The van der Waals surface area contributed by atoms with Crippen molar-refractivity contribution in [2.24, 2.45) is 0 Å². The van der Waals surface area contributed by atoms with E-state index >= 15 is 0 Å². The number of alkyl halides is 3. The Morgan fingerprint density at radius 1 is 1.35 bits per heavy atom. The van der Waals surface area contributed by atoms with Crippen LogP contribution in [0.1, 0.15) is 17.8 Å². The van der Waals surface area contributed by atoms with Gasteiger partial charge in [0.1, 0.15) is 4.90 Å². The fourth-order valence-corrected chi connectivity index (χ4v) is 3.89. The third-order valence-electron chi connectivity index (χ3n) is 3.19. The van der Waals surface area contributed by atoms with Gasteiger partial charge in [-0.05, 0) is 20.3 Å². The standard InChI is InChI=1S/C11H14F3N3O2S/c1-7-10(8(2)16-15-7)20(18,19)17-5-3-9(4-6-17)11(12,13)14/h3H,4-6H2,1-2H3,(H,15,16). The van der Waals surface area contributed by atoms with Gasteiger partial charge in [-0.1, -0.05) is 6.08 Å². The van der Waals surface area contributed by atoms with Gasteiger partial charge >= 0.3 is 6.18 Å². The second kappa shape index (κ2) is 4.88. The first kappa shape index (κ1) is 15.0. The minimum atomic E-state index is -4.39. The zero-order valence-electron chi connectivity index (χ0n) is 11.0. The Hall–Kier alpha value is -1.35. The van der Waals surface area contributed by atoms with E-state index in [4.69, 9.17) is 0 Å². The Morgan fingerprint density at radius 3 is 2.40 bits per heavy atom. The summed E-state index contributed by atoms with van der Waals surface area (Å²) in [5.41, 5.74) is 0.0192. The summed E-state index contributed by atoms with van der Waals surface area (Å²) in [6.07, 6.45) is -3.80. The number of sulfonamides is 1. The minimum absolute atomic E-state index is 0.0429. The molecule has 0 spiro atoms. The van der Waals surface area contributed by atoms with Gasteiger partial charge in [0, 0.05) is 18.7 Å². The predicted molar refractivity (Wildman–Crippen MR) is 65.6 cm³/mol. The van der Waals surface area contributed by atoms with E-state index in [1.54, 1.807) is 6.92 Å². The van der Waals surface area contributed by atoms with Crippen LogP contribution in [0.2, 0.25) is 0 Å². The molecule has 0 saturated heterocycles. The molecule has 0 bridgehead atoms. The van der Waals surface area contributed by atoms with Crippen LogP contribution in [0.15, 0.2) is 16.5 Å². The van der Waals surface area contributed by atoms with Gasteiger partial charge in [-0.25, -0.2) is 8.42 Å². The number of aromatic amines is 1. The molecule has 0 fully saturated rings. The molecule has 1 aliphatic rings. The van der Waals surface area contributed by atoms with E-state index in [1.807, 2.05) is 0 Å². The van der Waals surface area contributed by atoms with Gasteiger partial charge in [0.15, 0.2) is 0 Å². The van der Waals surface area contributed by atoms with Gasteiger partial charge in [-0.2, -0.15) is 22.6 Å². The van der Waals surface area contributed by atoms with E-state index in [9.17, 15) is 21.6 Å². The third-order valence-corrected chi connectivity index (χ3v) is 5.32. The van der Waals surface area contributed by atoms with E-state index in [1.165, 1.54) is 6.92 Å². The number of hydrogen-bond acceptors (Lipinski definition) is 3. The third kappa shape index (κ3) is 2.59. The molecule has 1 aromatic heterocycles. The van der Waals surface area contributed by atoms with Crippen LogP contribution < -0.4 is 0 Å². The van der Waals surface area contributed by atoms with Crippen molar-refractivity contribution in [3.8, 4) is 0 Å². The van der Waals surface area contributed by atoms with Crippen molar-refractivity contribution >= 4 is 10.0 Å². The molecule has 5 nitrogen and oxygen atoms in total. The summed E-state index contributed by atoms with van der Waals surface area (Å²) in [6.45, 7) is 2.64. The van der Waals surface area contributed by atoms with Gasteiger partial charge in [0.25, 0.3) is 0 Å². The summed E-state index contributed by atoms with van der Waals surface area (Å²) in [5.74, 6) is 0. The highest BCUT2D eigenvalue weighted by atomic mass is 32.2. The molecule has 1 N–H and O–H groups in total. The molecule has 0 aromatic carbocycles. The van der Waals surface area contributed by atoms with E-state index in [0.717, 1.165) is 10.4 Å². The van der Waals surface area contributed by atoms with Crippen LogP contribution in [0.4, 0.5) is 13.2 Å². The number of nitrogens with one attached hydrogen (secondary N) is 1. The van der Waals surface area contributed by atoms with Gasteiger partial charge in [0.2, 0.25) is 10.0 Å². The van der Waals surface area contributed by atoms with Crippen LogP contribution >= 0.6 is 0 Å². The van der Waals surface area contributed by atoms with Crippen molar-refractivity contribution in [2.75, 3.05) is 13.1 Å². The van der Waals surface area contributed by atoms with Gasteiger partial charge in [-0.3, -0.25) is 5.10 Å². The van der Waals surface area contributed by atoms with E-state index in [0.29, 0.717) is 11.4 Å². The van der Waals surface area contributed by atoms with Crippen LogP contribution in [0.3, 0.4) is 0 Å². The SMILES string of the molecule is Cc1n[nH]c(C)c1S(=O)(=O)N1CC=C(C(F)(F)F)CC1. The van der Waals surface area contributed by atoms with Gasteiger partial charge < -0.3 is 0 Å². The Balaban J connectivity index is 2.29. The maximum atomic E-state index is 12.5. The molecule has 0 atom stereocenters. The first-order chi connectivity index (χ1) is 9.14. The molecule has 0 unspecified atom stereocenters. The van der Waals surface area contributed by atoms with E-state index < -0.39 is 21.8 Å². The average Bonchev–Trinajstić information content (AvgIpc) is 2.68. The molecule has 0 amide bonds. The number of nitrogens with zero attached hydrogens (tertiary/aromatic N) is 2. The number of hydrogen-bond donors (Lipinski definition) is 1. The molecule has 0 radical (unpaired) electrons. The number of rotatable bonds is 2. The summed E-state index contributed by atoms with van der Waals surface area (Å²) >= 11 is 0. The lowest BCUT2D eigenvalue weighted by molar-refractivity contribution is -0.0953. The molecular formula is C11H14F3N3O2S. The Kier molecular flexibility index (Phi) is 3.67. The fraction of sp³-hybridized carbons (Fsp3) is 0.545. The lowest BCUT2D eigenvalue weighted by Gasteiger charge is -2.26. The molecule has 20 heavy (non-hydrogen) atoms. The zero-order chi connectivity index (χ0) is 15.1. The van der Waals surface area contributed by atoms with Crippen LogP contribution in [0.5, 0.6) is 0 Å². The Bertz CT molecular complexity index is 627. The molecule has 112 valence electrons. The Morgan fingerprint density at radius 2 is 2.00 bits per heavy atom. The molecule has 0 aliphatic carbocycles. The summed E-state index contributed by atoms with van der Waals surface area (Å²) in [5, 5.41) is 6.37. The van der Waals surface area contributed by atoms with Crippen LogP contribution in [-0.2, 0) is 10.0 Å². The summed E-state index contributed by atoms with van der Waals surface area (Å²) in [7, 11) is -3.82. The van der Waals surface area contributed by atoms with Crippen LogP contribution in [-0.4, -0.2) is 42.2 Å². The van der Waals surface area contributed by atoms with Gasteiger partial charge in [-0.15, -0.1) is 0 Å². The van der Waals surface area contributed by atoms with Crippen molar-refractivity contribution in [3.63, 3.8) is 0 Å². The molecule has 1 aliphatic heterocycles. The predicted octanol–water partition coefficient (Wildman–Crippen LogP) is 1.91. The number of aromatic nitrogens is 2. The molecule has 2 rings (SSSR count). The molecule has 1 aromatic rings. The highest BCUT2D eigenvalue weighted by Crippen LogP contribution is 2.32. The lowest BCUT2D eigenvalue weighted by atomic mass is 10.1. The molecule has 2 heterocycles. The van der Waals surface area contributed by atoms with Crippen LogP contribution in [0.25, 0.3) is 0 Å². The van der Waals surface area contributed by atoms with Crippen LogP contribution in [0, 0.1) is 13.8 Å². The van der Waals surface area contributed by atoms with Crippen molar-refractivity contribution in [2.45, 2.75) is 31.3 Å². The molecule has 9 heteroatoms. The first-order valence-electron chi connectivity index (χ1n) is 5.92. The second-order valence-corrected chi connectivity index (χ2v) is 6.48. The smallest absolute Gasteiger partial charge is 0.281 e. The summed E-state index contributed by atoms with van der Waals surface area (Å²) < 4.78 is 63.4. The largest absolute Gasteiger partial charge is 0.412 e. The second-order valence-electron chi connectivity index (χ2n) is 4.60. The number of halogens is 3. The molecule has 0 saturated carbocycles. The van der Waals surface area contributed by atoms with Crippen molar-refractivity contribution in [1.82, 2.24) is 14.5 Å². The number of aryl methyl sites for hydroxylation is 2. The van der Waals surface area contributed by atoms with E-state index in [-0.39, 0.29) is 24.4 Å². The average molecular weight is 309 g/mol. The highest BCUT2D eigenvalue weighted by molar-refractivity contribution is 7.89. The maximum absolute atomic E-state index is 12.5. The van der Waals surface area contributed by atoms with Gasteiger partial charge in [0.05, 0.1) is 11.4 Å². The fourth-order valence-electron chi connectivity index (χ4n) is 2.18. The zero-order valence-corrected chi connectivity index (χ0v) is 11.8. The quantitative estimate of drug-likeness (QED) is 0.849. The lowest BCUT2D eigenvalue weighted by Crippen LogP contribution is -2.37. The summed E-state index contributed by atoms with van der Waals surface area (Å²) in [4.78, 5) is 0.0429. The van der Waals surface area contributed by atoms with Crippen molar-refractivity contribution in [1.29, 1.82) is 0 Å². The Labute approximate surface area is 114 Å². The van der Waals surface area contributed by atoms with Crippen molar-refractivity contribution < 1.29 is 21.6 Å². The number of H-pyrrole nitrogens is 1. The maximum Gasteiger partial charge on any atom is 0.412 e. The highest BCUT2D eigenvalue weighted by Gasteiger charge is 2.38. The van der Waals surface area contributed by atoms with Crippen molar-refractivity contribution in [3.05, 3.63) is 23.0 Å². The topological polar surface area (TPSA) is 66.1 Å². The normalized spacial score (nSPS) is 18.1. The monoisotopic (exact) mass is 309 g/mol. The molecular weight excluding hydrogens is 295 g/mol. The summed E-state index contributed by atoms with van der Waals surface area (Å²) in [6, 6.07) is 0. The van der Waals surface area contributed by atoms with E-state index in [2.05, 4.69) is 10.2 Å². The first-order valence-corrected chi connectivity index (χ1v) is 7.36.